The van der Waals surface area contributed by atoms with Gasteiger partial charge in [-0.3, -0.25) is 4.90 Å². The highest BCUT2D eigenvalue weighted by molar-refractivity contribution is 4.83. The van der Waals surface area contributed by atoms with Crippen LogP contribution >= 0.6 is 0 Å². The highest BCUT2D eigenvalue weighted by Gasteiger charge is 2.27. The van der Waals surface area contributed by atoms with Gasteiger partial charge in [-0.25, -0.2) is 0 Å². The largest absolute Gasteiger partial charge is 0.380 e. The lowest BCUT2D eigenvalue weighted by atomic mass is 10.1. The van der Waals surface area contributed by atoms with E-state index in [1.807, 2.05) is 7.11 Å². The minimum absolute atomic E-state index is 0.443. The van der Waals surface area contributed by atoms with Crippen LogP contribution < -0.4 is 5.32 Å². The molecule has 0 aromatic carbocycles. The number of methoxy groups -OCH3 is 1. The SMILES string of the molecule is COC1CCN(C(C)CC2COCCN2)C1. The van der Waals surface area contributed by atoms with Crippen LogP contribution in [0.3, 0.4) is 0 Å². The van der Waals surface area contributed by atoms with Crippen molar-refractivity contribution in [1.82, 2.24) is 10.2 Å². The fraction of sp³-hybridized carbons (Fsp3) is 1.00. The zero-order valence-electron chi connectivity index (χ0n) is 10.4. The first-order chi connectivity index (χ1) is 7.79. The van der Waals surface area contributed by atoms with Crippen molar-refractivity contribution >= 4 is 0 Å². The van der Waals surface area contributed by atoms with Gasteiger partial charge in [-0.2, -0.15) is 0 Å². The molecular weight excluding hydrogens is 204 g/mol. The molecule has 2 aliphatic rings. The Labute approximate surface area is 98.3 Å². The predicted octanol–water partition coefficient (Wildman–Crippen LogP) is 0.474. The van der Waals surface area contributed by atoms with Crippen molar-refractivity contribution in [3.63, 3.8) is 0 Å². The van der Waals surface area contributed by atoms with Crippen LogP contribution in [0.15, 0.2) is 0 Å². The second kappa shape index (κ2) is 5.96. The van der Waals surface area contributed by atoms with Gasteiger partial charge in [-0.15, -0.1) is 0 Å². The van der Waals surface area contributed by atoms with Gasteiger partial charge in [0.05, 0.1) is 19.3 Å². The minimum Gasteiger partial charge on any atom is -0.380 e. The molecular formula is C12H24N2O2. The van der Waals surface area contributed by atoms with Gasteiger partial charge in [-0.1, -0.05) is 0 Å². The lowest BCUT2D eigenvalue weighted by Crippen LogP contribution is -2.45. The predicted molar refractivity (Wildman–Crippen MR) is 63.7 cm³/mol. The van der Waals surface area contributed by atoms with Gasteiger partial charge in [0.15, 0.2) is 0 Å². The van der Waals surface area contributed by atoms with E-state index in [9.17, 15) is 0 Å². The summed E-state index contributed by atoms with van der Waals surface area (Å²) in [6.45, 7) is 7.30. The van der Waals surface area contributed by atoms with Crippen LogP contribution in [-0.2, 0) is 9.47 Å². The van der Waals surface area contributed by atoms with Gasteiger partial charge in [0.1, 0.15) is 0 Å². The molecule has 0 saturated carbocycles. The number of nitrogens with one attached hydrogen (secondary N) is 1. The van der Waals surface area contributed by atoms with Crippen molar-refractivity contribution < 1.29 is 9.47 Å². The van der Waals surface area contributed by atoms with E-state index < -0.39 is 0 Å². The Kier molecular flexibility index (Phi) is 4.58. The molecule has 0 aromatic heterocycles. The number of likely N-dealkylation sites (tertiary alicyclic amines) is 1. The molecule has 0 amide bonds. The maximum absolute atomic E-state index is 5.48. The van der Waals surface area contributed by atoms with Crippen LogP contribution in [0.25, 0.3) is 0 Å². The van der Waals surface area contributed by atoms with E-state index in [0.29, 0.717) is 18.2 Å². The molecule has 2 heterocycles. The summed E-state index contributed by atoms with van der Waals surface area (Å²) in [5, 5.41) is 3.52. The molecule has 0 aliphatic carbocycles. The summed E-state index contributed by atoms with van der Waals surface area (Å²) in [6.07, 6.45) is 2.80. The normalized spacial score (nSPS) is 34.1. The maximum atomic E-state index is 5.48. The number of hydrogen-bond acceptors (Lipinski definition) is 4. The number of morpholine rings is 1. The molecule has 0 radical (unpaired) electrons. The summed E-state index contributed by atoms with van der Waals surface area (Å²) in [7, 11) is 1.81. The number of ether oxygens (including phenoxy) is 2. The van der Waals surface area contributed by atoms with Gasteiger partial charge < -0.3 is 14.8 Å². The van der Waals surface area contributed by atoms with E-state index in [1.165, 1.54) is 19.4 Å². The van der Waals surface area contributed by atoms with Crippen LogP contribution in [0.2, 0.25) is 0 Å². The Morgan fingerprint density at radius 1 is 1.56 bits per heavy atom. The van der Waals surface area contributed by atoms with Crippen molar-refractivity contribution in [2.24, 2.45) is 0 Å². The third-order valence-corrected chi connectivity index (χ3v) is 3.76. The zero-order chi connectivity index (χ0) is 11.4. The first kappa shape index (κ1) is 12.3. The standard InChI is InChI=1S/C12H24N2O2/c1-10(7-11-9-16-6-4-13-11)14-5-3-12(8-14)15-2/h10-13H,3-9H2,1-2H3. The van der Waals surface area contributed by atoms with Crippen molar-refractivity contribution in [2.45, 2.75) is 38.0 Å². The highest BCUT2D eigenvalue weighted by Crippen LogP contribution is 2.18. The van der Waals surface area contributed by atoms with Gasteiger partial charge in [0.2, 0.25) is 0 Å². The van der Waals surface area contributed by atoms with Crippen LogP contribution in [0.5, 0.6) is 0 Å². The third kappa shape index (κ3) is 3.17. The van der Waals surface area contributed by atoms with Gasteiger partial charge in [0, 0.05) is 38.8 Å². The third-order valence-electron chi connectivity index (χ3n) is 3.76. The summed E-state index contributed by atoms with van der Waals surface area (Å²) < 4.78 is 10.9. The van der Waals surface area contributed by atoms with Crippen molar-refractivity contribution in [3.8, 4) is 0 Å². The van der Waals surface area contributed by atoms with E-state index in [-0.39, 0.29) is 0 Å². The minimum atomic E-state index is 0.443. The summed E-state index contributed by atoms with van der Waals surface area (Å²) in [6, 6.07) is 1.16. The average Bonchev–Trinajstić information content (AvgIpc) is 2.79. The first-order valence-corrected chi connectivity index (χ1v) is 6.37. The van der Waals surface area contributed by atoms with Crippen LogP contribution in [-0.4, -0.2) is 63.0 Å². The molecule has 3 unspecified atom stereocenters. The van der Waals surface area contributed by atoms with E-state index in [4.69, 9.17) is 9.47 Å². The molecule has 0 spiro atoms. The van der Waals surface area contributed by atoms with Gasteiger partial charge in [-0.05, 0) is 19.8 Å². The van der Waals surface area contributed by atoms with Crippen molar-refractivity contribution in [1.29, 1.82) is 0 Å². The lowest BCUT2D eigenvalue weighted by molar-refractivity contribution is 0.0606. The summed E-state index contributed by atoms with van der Waals surface area (Å²) in [5.74, 6) is 0. The Balaban J connectivity index is 1.72. The fourth-order valence-electron chi connectivity index (χ4n) is 2.68. The topological polar surface area (TPSA) is 33.7 Å². The molecule has 0 aromatic rings. The smallest absolute Gasteiger partial charge is 0.0710 e. The lowest BCUT2D eigenvalue weighted by Gasteiger charge is -2.30. The monoisotopic (exact) mass is 228 g/mol. The highest BCUT2D eigenvalue weighted by atomic mass is 16.5. The second-order valence-electron chi connectivity index (χ2n) is 4.95. The molecule has 0 bridgehead atoms. The Bertz CT molecular complexity index is 207. The summed E-state index contributed by atoms with van der Waals surface area (Å²) in [4.78, 5) is 2.53. The van der Waals surface area contributed by atoms with Crippen molar-refractivity contribution in [3.05, 3.63) is 0 Å². The van der Waals surface area contributed by atoms with Gasteiger partial charge >= 0.3 is 0 Å². The van der Waals surface area contributed by atoms with Crippen LogP contribution in [0, 0.1) is 0 Å². The molecule has 16 heavy (non-hydrogen) atoms. The van der Waals surface area contributed by atoms with Gasteiger partial charge in [0.25, 0.3) is 0 Å². The van der Waals surface area contributed by atoms with Crippen LogP contribution in [0.1, 0.15) is 19.8 Å². The summed E-state index contributed by atoms with van der Waals surface area (Å²) in [5.41, 5.74) is 0. The quantitative estimate of drug-likeness (QED) is 0.758. The second-order valence-corrected chi connectivity index (χ2v) is 4.95. The Morgan fingerprint density at radius 3 is 3.06 bits per heavy atom. The maximum Gasteiger partial charge on any atom is 0.0710 e. The Morgan fingerprint density at radius 2 is 2.44 bits per heavy atom. The van der Waals surface area contributed by atoms with E-state index >= 15 is 0 Å². The first-order valence-electron chi connectivity index (χ1n) is 6.37. The molecule has 2 aliphatic heterocycles. The molecule has 4 heteroatoms. The van der Waals surface area contributed by atoms with E-state index in [0.717, 1.165) is 26.3 Å². The van der Waals surface area contributed by atoms with Crippen molar-refractivity contribution in [2.75, 3.05) is 40.0 Å². The zero-order valence-corrected chi connectivity index (χ0v) is 10.4. The number of nitrogens with zero attached hydrogens (tertiary/aromatic N) is 1. The number of hydrogen-bond donors (Lipinski definition) is 1. The van der Waals surface area contributed by atoms with E-state index in [2.05, 4.69) is 17.1 Å². The molecule has 1 N–H and O–H groups in total. The molecule has 2 fully saturated rings. The molecule has 2 rings (SSSR count). The summed E-state index contributed by atoms with van der Waals surface area (Å²) >= 11 is 0. The molecule has 2 saturated heterocycles. The Hall–Kier alpha value is -0.160. The number of rotatable bonds is 4. The fourth-order valence-corrected chi connectivity index (χ4v) is 2.68. The molecule has 4 nitrogen and oxygen atoms in total. The van der Waals surface area contributed by atoms with Crippen LogP contribution in [0.4, 0.5) is 0 Å². The average molecular weight is 228 g/mol. The van der Waals surface area contributed by atoms with E-state index in [1.54, 1.807) is 0 Å². The molecule has 94 valence electrons. The molecule has 3 atom stereocenters.